The maximum absolute atomic E-state index is 14.4. The van der Waals surface area contributed by atoms with Crippen molar-refractivity contribution >= 4 is 31.6 Å². The smallest absolute Gasteiger partial charge is 0.261 e. The highest BCUT2D eigenvalue weighted by molar-refractivity contribution is 7.92. The molecule has 12 nitrogen and oxygen atoms in total. The molecule has 50 heavy (non-hydrogen) atoms. The van der Waals surface area contributed by atoms with Gasteiger partial charge in [0.2, 0.25) is 10.0 Å². The van der Waals surface area contributed by atoms with Crippen LogP contribution in [0.4, 0.5) is 5.69 Å². The topological polar surface area (TPSA) is 152 Å². The molecule has 4 atom stereocenters. The fraction of sp³-hybridized carbons (Fsp3) is 0.472. The van der Waals surface area contributed by atoms with E-state index in [2.05, 4.69) is 4.72 Å². The number of aliphatic hydroxyl groups excluding tert-OH is 1. The molecule has 0 aliphatic carbocycles. The number of carbonyl (C=O) groups excluding carboxylic acids is 1. The fourth-order valence-corrected chi connectivity index (χ4v) is 7.89. The normalized spacial score (nSPS) is 20.4. The van der Waals surface area contributed by atoms with Crippen molar-refractivity contribution in [3.05, 3.63) is 77.9 Å². The number of methoxy groups -OCH3 is 1. The number of amides is 1. The van der Waals surface area contributed by atoms with Crippen LogP contribution in [0.2, 0.25) is 0 Å². The molecule has 1 heterocycles. The van der Waals surface area contributed by atoms with Crippen molar-refractivity contribution in [1.82, 2.24) is 9.21 Å². The largest absolute Gasteiger partial charge is 0.497 e. The number of anilines is 1. The molecule has 14 heteroatoms. The molecular weight excluding hydrogens is 683 g/mol. The average Bonchev–Trinajstić information content (AvgIpc) is 3.09. The van der Waals surface area contributed by atoms with E-state index in [0.717, 1.165) is 12.0 Å². The number of likely N-dealkylation sites (N-methyl/N-ethyl adjacent to an activating group) is 1. The number of ether oxygens (including phenoxy) is 3. The third kappa shape index (κ3) is 9.75. The molecule has 0 aromatic heterocycles. The van der Waals surface area contributed by atoms with E-state index >= 15 is 0 Å². The summed E-state index contributed by atoms with van der Waals surface area (Å²) in [5, 5.41) is 10.2. The third-order valence-electron chi connectivity index (χ3n) is 8.84. The zero-order chi connectivity index (χ0) is 36.6. The first-order valence-electron chi connectivity index (χ1n) is 16.7. The number of aryl methyl sites for hydroxylation is 1. The minimum absolute atomic E-state index is 0.0133. The number of nitrogens with one attached hydrogen (secondary N) is 1. The number of nitrogens with zero attached hydrogens (tertiary/aromatic N) is 2. The second-order valence-electron chi connectivity index (χ2n) is 12.9. The molecule has 3 aromatic rings. The van der Waals surface area contributed by atoms with Crippen LogP contribution < -0.4 is 14.2 Å². The Morgan fingerprint density at radius 2 is 1.66 bits per heavy atom. The van der Waals surface area contributed by atoms with E-state index in [1.807, 2.05) is 20.8 Å². The van der Waals surface area contributed by atoms with Gasteiger partial charge in [-0.15, -0.1) is 0 Å². The minimum Gasteiger partial charge on any atom is -0.497 e. The van der Waals surface area contributed by atoms with Crippen molar-refractivity contribution in [3.63, 3.8) is 0 Å². The van der Waals surface area contributed by atoms with Crippen molar-refractivity contribution in [1.29, 1.82) is 0 Å². The molecule has 4 rings (SSSR count). The lowest BCUT2D eigenvalue weighted by molar-refractivity contribution is -0.00833. The van der Waals surface area contributed by atoms with Gasteiger partial charge in [-0.1, -0.05) is 24.6 Å². The molecular formula is C36H49N3O9S2. The second kappa shape index (κ2) is 17.0. The van der Waals surface area contributed by atoms with E-state index in [9.17, 15) is 26.7 Å². The maximum atomic E-state index is 14.4. The van der Waals surface area contributed by atoms with Gasteiger partial charge in [0.15, 0.2) is 0 Å². The zero-order valence-corrected chi connectivity index (χ0v) is 31.2. The van der Waals surface area contributed by atoms with Gasteiger partial charge in [-0.25, -0.2) is 16.8 Å². The van der Waals surface area contributed by atoms with E-state index in [4.69, 9.17) is 14.2 Å². The van der Waals surface area contributed by atoms with Crippen LogP contribution in [0.5, 0.6) is 11.5 Å². The highest BCUT2D eigenvalue weighted by Crippen LogP contribution is 2.30. The molecule has 0 unspecified atom stereocenters. The number of fused-ring (bicyclic) bond motifs is 1. The SMILES string of the molecule is COc1ccc(S(=O)(=O)Nc2ccc3c(c2)C(=O)N([C@H](C)CO)C[C@H](C)[C@H](CN(C)S(=O)(=O)c2ccc(C)cc2)OCCCC[C@H](C)O3)cc1. The van der Waals surface area contributed by atoms with Crippen LogP contribution in [0.15, 0.2) is 76.5 Å². The Bertz CT molecular complexity index is 1800. The molecule has 0 spiro atoms. The molecule has 1 aliphatic heterocycles. The zero-order valence-electron chi connectivity index (χ0n) is 29.5. The Hall–Kier alpha value is -3.69. The van der Waals surface area contributed by atoms with Gasteiger partial charge in [0.1, 0.15) is 11.5 Å². The summed E-state index contributed by atoms with van der Waals surface area (Å²) in [6.45, 7) is 7.56. The van der Waals surface area contributed by atoms with E-state index in [0.29, 0.717) is 25.2 Å². The molecule has 0 saturated heterocycles. The molecule has 0 bridgehead atoms. The maximum Gasteiger partial charge on any atom is 0.261 e. The Balaban J connectivity index is 1.67. The molecule has 2 N–H and O–H groups in total. The van der Waals surface area contributed by atoms with E-state index in [1.54, 1.807) is 55.5 Å². The lowest BCUT2D eigenvalue weighted by Gasteiger charge is -2.35. The molecule has 274 valence electrons. The minimum atomic E-state index is -4.02. The van der Waals surface area contributed by atoms with Crippen LogP contribution in [0.3, 0.4) is 0 Å². The standard InChI is InChI=1S/C36H49N3O9S2/c1-25-10-15-32(16-11-25)50(44,45)38(5)23-35-26(2)22-39(27(3)24-40)36(41)33-21-29(12-19-34(33)48-28(4)9-7-8-20-47-35)37-49(42,43)31-17-13-30(46-6)14-18-31/h10-19,21,26-28,35,37,40H,7-9,20,22-24H2,1-6H3/t26-,27+,28-,35-/m0/s1. The van der Waals surface area contributed by atoms with Crippen LogP contribution in [0, 0.1) is 12.8 Å². The monoisotopic (exact) mass is 731 g/mol. The van der Waals surface area contributed by atoms with Gasteiger partial charge in [0.25, 0.3) is 15.9 Å². The molecule has 3 aromatic carbocycles. The highest BCUT2D eigenvalue weighted by Gasteiger charge is 2.32. The van der Waals surface area contributed by atoms with E-state index < -0.39 is 38.1 Å². The lowest BCUT2D eigenvalue weighted by Crippen LogP contribution is -2.48. The summed E-state index contributed by atoms with van der Waals surface area (Å²) in [7, 11) is -4.84. The van der Waals surface area contributed by atoms with Gasteiger partial charge in [0.05, 0.1) is 47.3 Å². The summed E-state index contributed by atoms with van der Waals surface area (Å²) in [4.78, 5) is 16.1. The Kier molecular flexibility index (Phi) is 13.3. The summed E-state index contributed by atoms with van der Waals surface area (Å²) < 4.78 is 75.0. The first kappa shape index (κ1) is 39.1. The lowest BCUT2D eigenvalue weighted by atomic mass is 10.0. The quantitative estimate of drug-likeness (QED) is 0.296. The van der Waals surface area contributed by atoms with Crippen molar-refractivity contribution in [2.75, 3.05) is 45.2 Å². The van der Waals surface area contributed by atoms with Gasteiger partial charge in [0, 0.05) is 38.3 Å². The van der Waals surface area contributed by atoms with E-state index in [-0.39, 0.29) is 58.5 Å². The van der Waals surface area contributed by atoms with Crippen LogP contribution in [0.1, 0.15) is 56.0 Å². The van der Waals surface area contributed by atoms with Crippen molar-refractivity contribution in [2.24, 2.45) is 5.92 Å². The number of aliphatic hydroxyl groups is 1. The number of sulfonamides is 2. The Labute approximate surface area is 296 Å². The molecule has 0 fully saturated rings. The number of carbonyl (C=O) groups is 1. The predicted octanol–water partition coefficient (Wildman–Crippen LogP) is 4.92. The van der Waals surface area contributed by atoms with Crippen molar-refractivity contribution in [2.45, 2.75) is 75.0 Å². The van der Waals surface area contributed by atoms with Crippen molar-refractivity contribution < 1.29 is 40.9 Å². The van der Waals surface area contributed by atoms with Gasteiger partial charge in [-0.2, -0.15) is 4.31 Å². The van der Waals surface area contributed by atoms with E-state index in [1.165, 1.54) is 41.6 Å². The molecule has 1 amide bonds. The number of rotatable bonds is 10. The molecule has 0 radical (unpaired) electrons. The summed E-state index contributed by atoms with van der Waals surface area (Å²) in [6.07, 6.45) is 1.26. The molecule has 1 aliphatic rings. The Morgan fingerprint density at radius 3 is 2.30 bits per heavy atom. The number of benzene rings is 3. The van der Waals surface area contributed by atoms with Crippen LogP contribution in [-0.4, -0.2) is 95.8 Å². The van der Waals surface area contributed by atoms with Crippen LogP contribution in [-0.2, 0) is 24.8 Å². The average molecular weight is 732 g/mol. The van der Waals surface area contributed by atoms with Crippen LogP contribution in [0.25, 0.3) is 0 Å². The summed E-state index contributed by atoms with van der Waals surface area (Å²) in [6, 6.07) is 16.5. The fourth-order valence-electron chi connectivity index (χ4n) is 5.66. The van der Waals surface area contributed by atoms with Crippen molar-refractivity contribution in [3.8, 4) is 11.5 Å². The summed E-state index contributed by atoms with van der Waals surface area (Å²) in [5.41, 5.74) is 1.22. The van der Waals surface area contributed by atoms with Gasteiger partial charge in [-0.3, -0.25) is 9.52 Å². The van der Waals surface area contributed by atoms with Gasteiger partial charge < -0.3 is 24.2 Å². The van der Waals surface area contributed by atoms with Crippen LogP contribution >= 0.6 is 0 Å². The van der Waals surface area contributed by atoms with Gasteiger partial charge >= 0.3 is 0 Å². The molecule has 0 saturated carbocycles. The third-order valence-corrected chi connectivity index (χ3v) is 12.1. The second-order valence-corrected chi connectivity index (χ2v) is 16.6. The summed E-state index contributed by atoms with van der Waals surface area (Å²) >= 11 is 0. The first-order valence-corrected chi connectivity index (χ1v) is 19.6. The highest BCUT2D eigenvalue weighted by atomic mass is 32.2. The predicted molar refractivity (Wildman–Crippen MR) is 192 cm³/mol. The number of hydrogen-bond acceptors (Lipinski definition) is 9. The summed E-state index contributed by atoms with van der Waals surface area (Å²) in [5.74, 6) is -0.0627. The first-order chi connectivity index (χ1) is 23.7. The van der Waals surface area contributed by atoms with Gasteiger partial charge in [-0.05, 0) is 94.6 Å². The Morgan fingerprint density at radius 1 is 1.00 bits per heavy atom. The number of hydrogen-bond donors (Lipinski definition) is 2.